The van der Waals surface area contributed by atoms with Gasteiger partial charge in [-0.25, -0.2) is 0 Å². The number of hydrogen-bond donors (Lipinski definition) is 3. The third kappa shape index (κ3) is 1.17. The van der Waals surface area contributed by atoms with Crippen molar-refractivity contribution in [3.8, 4) is 0 Å². The van der Waals surface area contributed by atoms with Crippen LogP contribution in [-0.4, -0.2) is 34.5 Å². The summed E-state index contributed by atoms with van der Waals surface area (Å²) in [5, 5.41) is 22.2. The van der Waals surface area contributed by atoms with E-state index in [2.05, 4.69) is 5.32 Å². The summed E-state index contributed by atoms with van der Waals surface area (Å²) in [6.07, 6.45) is 1.05. The van der Waals surface area contributed by atoms with Crippen LogP contribution in [0, 0.1) is 0 Å². The van der Waals surface area contributed by atoms with E-state index in [0.29, 0.717) is 0 Å². The molecule has 0 aromatic heterocycles. The van der Waals surface area contributed by atoms with Gasteiger partial charge in [0.05, 0.1) is 17.2 Å². The van der Waals surface area contributed by atoms with E-state index >= 15 is 0 Å². The fourth-order valence-corrected chi connectivity index (χ4v) is 1.47. The van der Waals surface area contributed by atoms with Crippen molar-refractivity contribution in [2.75, 3.05) is 7.05 Å². The van der Waals surface area contributed by atoms with E-state index in [4.69, 9.17) is 0 Å². The second kappa shape index (κ2) is 2.44. The molecule has 0 aromatic carbocycles. The van der Waals surface area contributed by atoms with Crippen molar-refractivity contribution >= 4 is 0 Å². The molecule has 1 aliphatic carbocycles. The molecule has 11 heavy (non-hydrogen) atoms. The molecule has 1 fully saturated rings. The van der Waals surface area contributed by atoms with Crippen LogP contribution >= 0.6 is 0 Å². The summed E-state index contributed by atoms with van der Waals surface area (Å²) in [5.41, 5.74) is -1.23. The molecule has 3 N–H and O–H groups in total. The first kappa shape index (κ1) is 8.97. The number of rotatable bonds is 3. The summed E-state index contributed by atoms with van der Waals surface area (Å²) in [7, 11) is 1.77. The summed E-state index contributed by atoms with van der Waals surface area (Å²) >= 11 is 0. The summed E-state index contributed by atoms with van der Waals surface area (Å²) in [5.74, 6) is 0. The molecule has 0 heterocycles. The quantitative estimate of drug-likeness (QED) is 0.537. The van der Waals surface area contributed by atoms with Crippen LogP contribution in [0.2, 0.25) is 0 Å². The molecule has 0 radical (unpaired) electrons. The lowest BCUT2D eigenvalue weighted by Crippen LogP contribution is -2.59. The van der Waals surface area contributed by atoms with Crippen molar-refractivity contribution in [2.45, 2.75) is 43.9 Å². The van der Waals surface area contributed by atoms with Gasteiger partial charge in [0, 0.05) is 0 Å². The Kier molecular flexibility index (Phi) is 1.99. The monoisotopic (exact) mass is 159 g/mol. The molecule has 3 nitrogen and oxygen atoms in total. The van der Waals surface area contributed by atoms with Crippen molar-refractivity contribution in [1.82, 2.24) is 5.32 Å². The molecule has 2 atom stereocenters. The predicted octanol–water partition coefficient (Wildman–Crippen LogP) is -0.130. The molecular formula is C8H17NO2. The zero-order valence-corrected chi connectivity index (χ0v) is 7.39. The molecule has 1 saturated carbocycles. The lowest BCUT2D eigenvalue weighted by molar-refractivity contribution is -0.0269. The molecule has 0 bridgehead atoms. The molecular weight excluding hydrogens is 142 g/mol. The molecule has 3 heteroatoms. The summed E-state index contributed by atoms with van der Waals surface area (Å²) in [4.78, 5) is 0. The molecule has 1 rings (SSSR count). The van der Waals surface area contributed by atoms with Gasteiger partial charge < -0.3 is 15.5 Å². The van der Waals surface area contributed by atoms with Gasteiger partial charge in [-0.3, -0.25) is 0 Å². The van der Waals surface area contributed by atoms with E-state index < -0.39 is 17.2 Å². The Morgan fingerprint density at radius 1 is 1.55 bits per heavy atom. The molecule has 0 saturated heterocycles. The first-order valence-electron chi connectivity index (χ1n) is 4.05. The Labute approximate surface area is 67.4 Å². The third-order valence-electron chi connectivity index (χ3n) is 3.05. The van der Waals surface area contributed by atoms with Crippen LogP contribution in [0.15, 0.2) is 0 Å². The van der Waals surface area contributed by atoms with Crippen molar-refractivity contribution in [3.63, 3.8) is 0 Å². The lowest BCUT2D eigenvalue weighted by Gasteiger charge is -2.37. The maximum atomic E-state index is 9.80. The van der Waals surface area contributed by atoms with Gasteiger partial charge in [0.2, 0.25) is 0 Å². The smallest absolute Gasteiger partial charge is 0.0853 e. The maximum Gasteiger partial charge on any atom is 0.0853 e. The average molecular weight is 159 g/mol. The second-order valence-electron chi connectivity index (χ2n) is 3.66. The van der Waals surface area contributed by atoms with Gasteiger partial charge in [0.15, 0.2) is 0 Å². The van der Waals surface area contributed by atoms with Gasteiger partial charge in [0.25, 0.3) is 0 Å². The van der Waals surface area contributed by atoms with E-state index in [0.717, 1.165) is 12.8 Å². The minimum absolute atomic E-state index is 0.528. The number of aliphatic hydroxyl groups is 2. The number of aliphatic hydroxyl groups excluding tert-OH is 1. The minimum atomic E-state index is -0.685. The van der Waals surface area contributed by atoms with Crippen LogP contribution in [0.3, 0.4) is 0 Å². The van der Waals surface area contributed by atoms with E-state index in [1.54, 1.807) is 14.0 Å². The third-order valence-corrected chi connectivity index (χ3v) is 3.05. The zero-order chi connectivity index (χ0) is 8.70. The van der Waals surface area contributed by atoms with E-state index in [-0.39, 0.29) is 0 Å². The second-order valence-corrected chi connectivity index (χ2v) is 3.66. The number of nitrogens with one attached hydrogen (secondary N) is 1. The molecule has 2 unspecified atom stereocenters. The fraction of sp³-hybridized carbons (Fsp3) is 1.00. The van der Waals surface area contributed by atoms with E-state index in [1.165, 1.54) is 0 Å². The molecule has 0 amide bonds. The highest BCUT2D eigenvalue weighted by atomic mass is 16.3. The molecule has 0 aliphatic heterocycles. The van der Waals surface area contributed by atoms with Gasteiger partial charge in [-0.15, -0.1) is 0 Å². The Morgan fingerprint density at radius 3 is 2.09 bits per heavy atom. The highest BCUT2D eigenvalue weighted by Gasteiger charge is 2.57. The first-order chi connectivity index (χ1) is 4.96. The zero-order valence-electron chi connectivity index (χ0n) is 7.39. The normalized spacial score (nSPS) is 29.2. The molecule has 1 aliphatic rings. The van der Waals surface area contributed by atoms with Gasteiger partial charge in [-0.1, -0.05) is 0 Å². The minimum Gasteiger partial charge on any atom is -0.391 e. The Morgan fingerprint density at radius 2 is 2.00 bits per heavy atom. The summed E-state index contributed by atoms with van der Waals surface area (Å²) in [6.45, 7) is 3.55. The van der Waals surface area contributed by atoms with E-state index in [1.807, 2.05) is 6.92 Å². The average Bonchev–Trinajstić information content (AvgIpc) is 2.67. The maximum absolute atomic E-state index is 9.80. The summed E-state index contributed by atoms with van der Waals surface area (Å²) < 4.78 is 0. The van der Waals surface area contributed by atoms with Crippen LogP contribution in [0.5, 0.6) is 0 Å². The number of likely N-dealkylation sites (N-methyl/N-ethyl adjacent to an activating group) is 1. The van der Waals surface area contributed by atoms with Gasteiger partial charge in [0.1, 0.15) is 0 Å². The van der Waals surface area contributed by atoms with Crippen molar-refractivity contribution in [1.29, 1.82) is 0 Å². The lowest BCUT2D eigenvalue weighted by atomic mass is 9.87. The Bertz CT molecular complexity index is 154. The fourth-order valence-electron chi connectivity index (χ4n) is 1.47. The topological polar surface area (TPSA) is 52.5 Å². The van der Waals surface area contributed by atoms with Crippen molar-refractivity contribution in [2.24, 2.45) is 0 Å². The summed E-state index contributed by atoms with van der Waals surface area (Å²) in [6, 6.07) is 0. The van der Waals surface area contributed by atoms with Crippen LogP contribution in [-0.2, 0) is 0 Å². The van der Waals surface area contributed by atoms with Crippen LogP contribution < -0.4 is 5.32 Å². The van der Waals surface area contributed by atoms with Crippen molar-refractivity contribution in [3.05, 3.63) is 0 Å². The van der Waals surface area contributed by atoms with Crippen LogP contribution in [0.25, 0.3) is 0 Å². The van der Waals surface area contributed by atoms with Gasteiger partial charge in [-0.2, -0.15) is 0 Å². The van der Waals surface area contributed by atoms with Crippen molar-refractivity contribution < 1.29 is 10.2 Å². The number of hydrogen-bond acceptors (Lipinski definition) is 3. The van der Waals surface area contributed by atoms with Crippen LogP contribution in [0.1, 0.15) is 26.7 Å². The Hall–Kier alpha value is -0.120. The first-order valence-corrected chi connectivity index (χ1v) is 4.05. The molecule has 66 valence electrons. The molecule has 0 spiro atoms. The highest BCUT2D eigenvalue weighted by Crippen LogP contribution is 2.45. The van der Waals surface area contributed by atoms with Gasteiger partial charge >= 0.3 is 0 Å². The highest BCUT2D eigenvalue weighted by molar-refractivity contribution is 5.14. The van der Waals surface area contributed by atoms with Crippen LogP contribution in [0.4, 0.5) is 0 Å². The molecule has 0 aromatic rings. The largest absolute Gasteiger partial charge is 0.391 e. The van der Waals surface area contributed by atoms with Gasteiger partial charge in [-0.05, 0) is 33.7 Å². The SMILES string of the molecule is CNC(C)(C(C)O)C1(O)CC1. The standard InChI is InChI=1S/C8H17NO2/c1-6(10)7(2,9-3)8(11)4-5-8/h6,9-11H,4-5H2,1-3H3. The van der Waals surface area contributed by atoms with E-state index in [9.17, 15) is 10.2 Å². The predicted molar refractivity (Wildman–Crippen MR) is 43.3 cm³/mol. The Balaban J connectivity index is 2.75.